The molecule has 2 aliphatic heterocycles. The SMILES string of the molecule is NCC1(CN2CCC(CO)C2)CCOCC1. The average molecular weight is 228 g/mol. The molecule has 0 aromatic heterocycles. The largest absolute Gasteiger partial charge is 0.396 e. The van der Waals surface area contributed by atoms with Crippen LogP contribution < -0.4 is 5.73 Å². The van der Waals surface area contributed by atoms with Gasteiger partial charge >= 0.3 is 0 Å². The lowest BCUT2D eigenvalue weighted by Gasteiger charge is -2.39. The lowest BCUT2D eigenvalue weighted by molar-refractivity contribution is 0.00254. The summed E-state index contributed by atoms with van der Waals surface area (Å²) in [6.07, 6.45) is 3.31. The molecule has 2 aliphatic rings. The van der Waals surface area contributed by atoms with E-state index in [4.69, 9.17) is 15.6 Å². The quantitative estimate of drug-likeness (QED) is 0.714. The van der Waals surface area contributed by atoms with Gasteiger partial charge in [-0.15, -0.1) is 0 Å². The molecule has 16 heavy (non-hydrogen) atoms. The minimum absolute atomic E-state index is 0.266. The first-order chi connectivity index (χ1) is 7.78. The second-order valence-electron chi connectivity index (χ2n) is 5.39. The van der Waals surface area contributed by atoms with E-state index in [0.29, 0.717) is 12.5 Å². The lowest BCUT2D eigenvalue weighted by atomic mass is 9.80. The molecule has 2 rings (SSSR count). The Kier molecular flexibility index (Phi) is 4.19. The first-order valence-corrected chi connectivity index (χ1v) is 6.39. The van der Waals surface area contributed by atoms with E-state index in [2.05, 4.69) is 4.90 Å². The second kappa shape index (κ2) is 5.45. The second-order valence-corrected chi connectivity index (χ2v) is 5.39. The molecule has 0 amide bonds. The minimum Gasteiger partial charge on any atom is -0.396 e. The van der Waals surface area contributed by atoms with Crippen LogP contribution in [0.4, 0.5) is 0 Å². The number of ether oxygens (including phenoxy) is 1. The Balaban J connectivity index is 1.86. The summed E-state index contributed by atoms with van der Waals surface area (Å²) in [4.78, 5) is 2.47. The smallest absolute Gasteiger partial charge is 0.0472 e. The molecule has 0 aromatic rings. The summed E-state index contributed by atoms with van der Waals surface area (Å²) in [6, 6.07) is 0. The molecular formula is C12H24N2O2. The van der Waals surface area contributed by atoms with Crippen molar-refractivity contribution in [2.24, 2.45) is 17.1 Å². The van der Waals surface area contributed by atoms with Crippen LogP contribution in [0, 0.1) is 11.3 Å². The fraction of sp³-hybridized carbons (Fsp3) is 1.00. The van der Waals surface area contributed by atoms with Gasteiger partial charge in [-0.1, -0.05) is 0 Å². The van der Waals surface area contributed by atoms with Crippen LogP contribution >= 0.6 is 0 Å². The number of nitrogens with two attached hydrogens (primary N) is 1. The van der Waals surface area contributed by atoms with Crippen molar-refractivity contribution in [2.75, 3.05) is 46.0 Å². The van der Waals surface area contributed by atoms with Gasteiger partial charge in [-0.05, 0) is 43.7 Å². The molecule has 0 aromatic carbocycles. The summed E-state index contributed by atoms with van der Waals surface area (Å²) in [5, 5.41) is 9.14. The fourth-order valence-corrected chi connectivity index (χ4v) is 2.91. The van der Waals surface area contributed by atoms with Crippen LogP contribution in [0.5, 0.6) is 0 Å². The summed E-state index contributed by atoms with van der Waals surface area (Å²) in [7, 11) is 0. The van der Waals surface area contributed by atoms with E-state index in [1.54, 1.807) is 0 Å². The van der Waals surface area contributed by atoms with Crippen LogP contribution in [0.25, 0.3) is 0 Å². The standard InChI is InChI=1S/C12H24N2O2/c13-9-12(2-5-16-6-3-12)10-14-4-1-11(7-14)8-15/h11,15H,1-10,13H2. The lowest BCUT2D eigenvalue weighted by Crippen LogP contribution is -2.45. The van der Waals surface area contributed by atoms with Gasteiger partial charge in [0.05, 0.1) is 0 Å². The summed E-state index contributed by atoms with van der Waals surface area (Å²) in [5.41, 5.74) is 6.22. The molecule has 3 N–H and O–H groups in total. The van der Waals surface area contributed by atoms with E-state index >= 15 is 0 Å². The number of aliphatic hydroxyl groups is 1. The zero-order valence-electron chi connectivity index (χ0n) is 10.0. The number of hydrogen-bond acceptors (Lipinski definition) is 4. The number of aliphatic hydroxyl groups excluding tert-OH is 1. The van der Waals surface area contributed by atoms with E-state index in [0.717, 1.165) is 58.7 Å². The maximum absolute atomic E-state index is 9.14. The topological polar surface area (TPSA) is 58.7 Å². The van der Waals surface area contributed by atoms with Gasteiger partial charge in [0, 0.05) is 32.9 Å². The van der Waals surface area contributed by atoms with E-state index in [-0.39, 0.29) is 5.41 Å². The van der Waals surface area contributed by atoms with Gasteiger partial charge in [0.25, 0.3) is 0 Å². The Bertz CT molecular complexity index is 217. The van der Waals surface area contributed by atoms with Crippen LogP contribution in [-0.2, 0) is 4.74 Å². The van der Waals surface area contributed by atoms with Crippen molar-refractivity contribution in [3.8, 4) is 0 Å². The average Bonchev–Trinajstić information content (AvgIpc) is 2.78. The number of nitrogens with zero attached hydrogens (tertiary/aromatic N) is 1. The van der Waals surface area contributed by atoms with Gasteiger partial charge in [0.2, 0.25) is 0 Å². The molecule has 4 nitrogen and oxygen atoms in total. The third-order valence-electron chi connectivity index (χ3n) is 4.17. The van der Waals surface area contributed by atoms with Gasteiger partial charge < -0.3 is 20.5 Å². The van der Waals surface area contributed by atoms with Crippen molar-refractivity contribution in [3.63, 3.8) is 0 Å². The predicted molar refractivity (Wildman–Crippen MR) is 63.2 cm³/mol. The Morgan fingerprint density at radius 2 is 2.12 bits per heavy atom. The molecule has 2 fully saturated rings. The fourth-order valence-electron chi connectivity index (χ4n) is 2.91. The summed E-state index contributed by atoms with van der Waals surface area (Å²) in [6.45, 7) is 6.05. The van der Waals surface area contributed by atoms with Gasteiger partial charge in [-0.3, -0.25) is 0 Å². The highest BCUT2D eigenvalue weighted by Gasteiger charge is 2.35. The van der Waals surface area contributed by atoms with E-state index < -0.39 is 0 Å². The predicted octanol–water partition coefficient (Wildman–Crippen LogP) is 0.0561. The zero-order valence-corrected chi connectivity index (χ0v) is 10.0. The molecule has 2 saturated heterocycles. The molecule has 0 aliphatic carbocycles. The van der Waals surface area contributed by atoms with E-state index in [9.17, 15) is 0 Å². The highest BCUT2D eigenvalue weighted by Crippen LogP contribution is 2.32. The molecule has 1 unspecified atom stereocenters. The Labute approximate surface area is 97.7 Å². The normalized spacial score (nSPS) is 30.8. The monoisotopic (exact) mass is 228 g/mol. The highest BCUT2D eigenvalue weighted by molar-refractivity contribution is 4.88. The van der Waals surface area contributed by atoms with Crippen molar-refractivity contribution in [1.29, 1.82) is 0 Å². The van der Waals surface area contributed by atoms with Crippen LogP contribution in [0.15, 0.2) is 0 Å². The molecule has 94 valence electrons. The first-order valence-electron chi connectivity index (χ1n) is 6.39. The molecule has 0 spiro atoms. The van der Waals surface area contributed by atoms with Crippen molar-refractivity contribution in [2.45, 2.75) is 19.3 Å². The van der Waals surface area contributed by atoms with Crippen molar-refractivity contribution < 1.29 is 9.84 Å². The molecule has 2 heterocycles. The molecule has 0 radical (unpaired) electrons. The zero-order chi connectivity index (χ0) is 11.4. The first kappa shape index (κ1) is 12.3. The van der Waals surface area contributed by atoms with Crippen molar-refractivity contribution in [3.05, 3.63) is 0 Å². The molecule has 0 bridgehead atoms. The number of likely N-dealkylation sites (tertiary alicyclic amines) is 1. The van der Waals surface area contributed by atoms with Crippen molar-refractivity contribution in [1.82, 2.24) is 4.90 Å². The Morgan fingerprint density at radius 1 is 1.38 bits per heavy atom. The molecule has 1 atom stereocenters. The molecule has 4 heteroatoms. The summed E-state index contributed by atoms with van der Waals surface area (Å²) < 4.78 is 5.42. The minimum atomic E-state index is 0.266. The number of rotatable bonds is 4. The van der Waals surface area contributed by atoms with Gasteiger partial charge in [0.15, 0.2) is 0 Å². The van der Waals surface area contributed by atoms with Crippen LogP contribution in [0.1, 0.15) is 19.3 Å². The third kappa shape index (κ3) is 2.74. The molecular weight excluding hydrogens is 204 g/mol. The Hall–Kier alpha value is -0.160. The third-order valence-corrected chi connectivity index (χ3v) is 4.17. The van der Waals surface area contributed by atoms with E-state index in [1.165, 1.54) is 0 Å². The van der Waals surface area contributed by atoms with Gasteiger partial charge in [-0.25, -0.2) is 0 Å². The number of hydrogen-bond donors (Lipinski definition) is 2. The van der Waals surface area contributed by atoms with E-state index in [1.807, 2.05) is 0 Å². The summed E-state index contributed by atoms with van der Waals surface area (Å²) >= 11 is 0. The Morgan fingerprint density at radius 3 is 2.69 bits per heavy atom. The maximum atomic E-state index is 9.14. The van der Waals surface area contributed by atoms with Gasteiger partial charge in [0.1, 0.15) is 0 Å². The maximum Gasteiger partial charge on any atom is 0.0472 e. The van der Waals surface area contributed by atoms with Crippen molar-refractivity contribution >= 4 is 0 Å². The van der Waals surface area contributed by atoms with Crippen LogP contribution in [0.3, 0.4) is 0 Å². The van der Waals surface area contributed by atoms with Crippen LogP contribution in [0.2, 0.25) is 0 Å². The summed E-state index contributed by atoms with van der Waals surface area (Å²) in [5.74, 6) is 0.481. The highest BCUT2D eigenvalue weighted by atomic mass is 16.5. The van der Waals surface area contributed by atoms with Gasteiger partial charge in [-0.2, -0.15) is 0 Å². The molecule has 0 saturated carbocycles. The van der Waals surface area contributed by atoms with Crippen LogP contribution in [-0.4, -0.2) is 56.0 Å².